The predicted molar refractivity (Wildman–Crippen MR) is 118 cm³/mol. The minimum Gasteiger partial charge on any atom is -0.392 e. The van der Waals surface area contributed by atoms with E-state index in [1.54, 1.807) is 17.6 Å². The number of rotatable bonds is 5. The minimum absolute atomic E-state index is 0.0788. The van der Waals surface area contributed by atoms with Crippen molar-refractivity contribution in [2.45, 2.75) is 26.6 Å². The maximum Gasteiger partial charge on any atom is 0.128 e. The quantitative estimate of drug-likeness (QED) is 0.519. The molecule has 0 spiro atoms. The normalized spacial score (nSPS) is 13.4. The highest BCUT2D eigenvalue weighted by atomic mass is 32.1. The number of benzene rings is 1. The Morgan fingerprint density at radius 1 is 1.13 bits per heavy atom. The van der Waals surface area contributed by atoms with E-state index in [0.717, 1.165) is 54.8 Å². The van der Waals surface area contributed by atoms with E-state index in [-0.39, 0.29) is 13.2 Å². The first kappa shape index (κ1) is 18.8. The molecule has 0 amide bonds. The van der Waals surface area contributed by atoms with Crippen molar-refractivity contribution in [2.75, 3.05) is 0 Å². The molecule has 5 rings (SSSR count). The molecule has 2 N–H and O–H groups in total. The summed E-state index contributed by atoms with van der Waals surface area (Å²) in [4.78, 5) is 5.93. The summed E-state index contributed by atoms with van der Waals surface area (Å²) in [7, 11) is 0. The van der Waals surface area contributed by atoms with Crippen molar-refractivity contribution in [3.63, 3.8) is 0 Å². The van der Waals surface area contributed by atoms with Gasteiger partial charge in [-0.25, -0.2) is 9.50 Å². The molecule has 4 aromatic rings. The van der Waals surface area contributed by atoms with Crippen LogP contribution >= 0.6 is 11.3 Å². The van der Waals surface area contributed by atoms with Gasteiger partial charge in [-0.3, -0.25) is 0 Å². The van der Waals surface area contributed by atoms with Crippen molar-refractivity contribution in [3.05, 3.63) is 64.3 Å². The second-order valence-electron chi connectivity index (χ2n) is 7.04. The Balaban J connectivity index is 1.74. The van der Waals surface area contributed by atoms with Gasteiger partial charge in [0.25, 0.3) is 0 Å². The molecule has 0 radical (unpaired) electrons. The maximum absolute atomic E-state index is 9.96. The second-order valence-corrected chi connectivity index (χ2v) is 8.04. The van der Waals surface area contributed by atoms with E-state index in [4.69, 9.17) is 4.98 Å². The molecule has 4 heterocycles. The van der Waals surface area contributed by atoms with E-state index in [1.807, 2.05) is 54.0 Å². The van der Waals surface area contributed by atoms with Gasteiger partial charge in [-0.2, -0.15) is 15.3 Å². The van der Waals surface area contributed by atoms with Crippen LogP contribution in [0.5, 0.6) is 0 Å². The summed E-state index contributed by atoms with van der Waals surface area (Å²) in [5.41, 5.74) is 6.80. The molecule has 0 fully saturated rings. The first-order valence-corrected chi connectivity index (χ1v) is 10.4. The van der Waals surface area contributed by atoms with Crippen LogP contribution in [0.15, 0.2) is 52.8 Å². The number of thiazole rings is 1. The van der Waals surface area contributed by atoms with Crippen LogP contribution in [0, 0.1) is 6.92 Å². The van der Waals surface area contributed by atoms with Gasteiger partial charge in [0.05, 0.1) is 46.3 Å². The lowest BCUT2D eigenvalue weighted by Crippen LogP contribution is -2.00. The number of pyridine rings is 1. The predicted octanol–water partition coefficient (Wildman–Crippen LogP) is 3.60. The van der Waals surface area contributed by atoms with E-state index in [2.05, 4.69) is 15.3 Å². The molecular weight excluding hydrogens is 398 g/mol. The van der Waals surface area contributed by atoms with Gasteiger partial charge in [-0.05, 0) is 30.2 Å². The number of nitrogens with zero attached hydrogens (tertiary/aromatic N) is 5. The number of aliphatic hydroxyl groups is 2. The lowest BCUT2D eigenvalue weighted by Gasteiger charge is -2.09. The smallest absolute Gasteiger partial charge is 0.128 e. The zero-order valence-corrected chi connectivity index (χ0v) is 17.1. The van der Waals surface area contributed by atoms with Crippen LogP contribution in [-0.2, 0) is 13.2 Å². The summed E-state index contributed by atoms with van der Waals surface area (Å²) in [5, 5.41) is 33.2. The molecule has 1 aliphatic rings. The largest absolute Gasteiger partial charge is 0.392 e. The number of aliphatic hydroxyl groups excluding tert-OH is 2. The van der Waals surface area contributed by atoms with Crippen LogP contribution in [0.4, 0.5) is 0 Å². The second kappa shape index (κ2) is 7.56. The average Bonchev–Trinajstić information content (AvgIpc) is 3.50. The van der Waals surface area contributed by atoms with Gasteiger partial charge in [0, 0.05) is 24.4 Å². The van der Waals surface area contributed by atoms with Crippen molar-refractivity contribution >= 4 is 28.8 Å². The summed E-state index contributed by atoms with van der Waals surface area (Å²) >= 11 is 1.56. The first-order chi connectivity index (χ1) is 14.7. The summed E-state index contributed by atoms with van der Waals surface area (Å²) < 4.78 is 1.86. The monoisotopic (exact) mass is 417 g/mol. The molecular formula is C22H19N5O2S. The Kier molecular flexibility index (Phi) is 4.74. The topological polar surface area (TPSA) is 95.4 Å². The lowest BCUT2D eigenvalue weighted by molar-refractivity contribution is 0.275. The fraction of sp³-hybridized carbons (Fsp3) is 0.182. The highest BCUT2D eigenvalue weighted by Gasteiger charge is 2.24. The van der Waals surface area contributed by atoms with E-state index >= 15 is 0 Å². The van der Waals surface area contributed by atoms with Crippen LogP contribution in [0.3, 0.4) is 0 Å². The fourth-order valence-corrected chi connectivity index (χ4v) is 4.89. The SMILES string of the molecule is Cc1nn2ccccc2c1-c1nc(-c2ccc(CO)cc2CO)c(C2=NN=CC2)s1. The van der Waals surface area contributed by atoms with Crippen molar-refractivity contribution in [3.8, 4) is 21.8 Å². The molecule has 1 aromatic carbocycles. The van der Waals surface area contributed by atoms with Crippen LogP contribution < -0.4 is 0 Å². The molecule has 7 nitrogen and oxygen atoms in total. The van der Waals surface area contributed by atoms with Gasteiger partial charge in [0.1, 0.15) is 5.01 Å². The van der Waals surface area contributed by atoms with Crippen molar-refractivity contribution < 1.29 is 10.2 Å². The summed E-state index contributed by atoms with van der Waals surface area (Å²) in [6, 6.07) is 11.5. The molecule has 0 atom stereocenters. The van der Waals surface area contributed by atoms with Crippen LogP contribution in [0.2, 0.25) is 0 Å². The number of fused-ring (bicyclic) bond motifs is 1. The molecule has 0 bridgehead atoms. The van der Waals surface area contributed by atoms with Crippen LogP contribution in [0.1, 0.15) is 28.1 Å². The number of aryl methyl sites for hydroxylation is 1. The molecule has 1 aliphatic heterocycles. The van der Waals surface area contributed by atoms with Crippen molar-refractivity contribution in [2.24, 2.45) is 10.2 Å². The summed E-state index contributed by atoms with van der Waals surface area (Å²) in [6.45, 7) is 1.76. The minimum atomic E-state index is -0.145. The molecule has 0 aliphatic carbocycles. The van der Waals surface area contributed by atoms with Gasteiger partial charge in [0.15, 0.2) is 0 Å². The molecule has 0 unspecified atom stereocenters. The lowest BCUT2D eigenvalue weighted by atomic mass is 10.00. The van der Waals surface area contributed by atoms with Gasteiger partial charge < -0.3 is 10.2 Å². The standard InChI is InChI=1S/C22H19N5O2S/c1-13-19(18-4-2-3-9-27(18)26-13)22-24-20(21(30-22)17-7-8-23-25-17)16-6-5-14(11-28)10-15(16)12-29/h2-6,8-10,28-29H,7,11-12H2,1H3. The average molecular weight is 417 g/mol. The Morgan fingerprint density at radius 2 is 2.03 bits per heavy atom. The third-order valence-corrected chi connectivity index (χ3v) is 6.26. The number of hydrogen-bond donors (Lipinski definition) is 2. The van der Waals surface area contributed by atoms with Gasteiger partial charge >= 0.3 is 0 Å². The Labute approximate surface area is 176 Å². The van der Waals surface area contributed by atoms with Crippen LogP contribution in [-0.4, -0.2) is 36.7 Å². The van der Waals surface area contributed by atoms with Gasteiger partial charge in [-0.15, -0.1) is 11.3 Å². The zero-order valence-electron chi connectivity index (χ0n) is 16.3. The molecule has 0 saturated carbocycles. The summed E-state index contributed by atoms with van der Waals surface area (Å²) in [5.74, 6) is 0. The van der Waals surface area contributed by atoms with E-state index in [9.17, 15) is 10.2 Å². The van der Waals surface area contributed by atoms with E-state index < -0.39 is 0 Å². The third-order valence-electron chi connectivity index (χ3n) is 5.14. The highest BCUT2D eigenvalue weighted by Crippen LogP contribution is 2.39. The first-order valence-electron chi connectivity index (χ1n) is 9.57. The Hall–Kier alpha value is -3.20. The molecule has 8 heteroatoms. The van der Waals surface area contributed by atoms with E-state index in [0.29, 0.717) is 6.42 Å². The Morgan fingerprint density at radius 3 is 2.80 bits per heavy atom. The zero-order chi connectivity index (χ0) is 20.7. The number of aromatic nitrogens is 3. The van der Waals surface area contributed by atoms with Crippen LogP contribution in [0.25, 0.3) is 27.3 Å². The molecule has 3 aromatic heterocycles. The number of hydrogen-bond acceptors (Lipinski definition) is 7. The van der Waals surface area contributed by atoms with Crippen molar-refractivity contribution in [1.82, 2.24) is 14.6 Å². The van der Waals surface area contributed by atoms with Gasteiger partial charge in [0.2, 0.25) is 0 Å². The highest BCUT2D eigenvalue weighted by molar-refractivity contribution is 7.17. The third kappa shape index (κ3) is 3.06. The molecule has 0 saturated heterocycles. The molecule has 30 heavy (non-hydrogen) atoms. The summed E-state index contributed by atoms with van der Waals surface area (Å²) in [6.07, 6.45) is 4.35. The Bertz CT molecular complexity index is 1320. The van der Waals surface area contributed by atoms with E-state index in [1.165, 1.54) is 0 Å². The van der Waals surface area contributed by atoms with Gasteiger partial charge in [-0.1, -0.05) is 24.3 Å². The maximum atomic E-state index is 9.96. The molecule has 150 valence electrons. The van der Waals surface area contributed by atoms with Crippen molar-refractivity contribution in [1.29, 1.82) is 0 Å². The fourth-order valence-electron chi connectivity index (χ4n) is 3.71.